The van der Waals surface area contributed by atoms with Crippen molar-refractivity contribution in [1.29, 1.82) is 0 Å². The van der Waals surface area contributed by atoms with Gasteiger partial charge in [0.25, 0.3) is 0 Å². The van der Waals surface area contributed by atoms with E-state index in [0.717, 1.165) is 26.4 Å². The molecule has 92 valence electrons. The van der Waals surface area contributed by atoms with Crippen molar-refractivity contribution in [2.45, 2.75) is 6.61 Å². The Labute approximate surface area is 119 Å². The fourth-order valence-electron chi connectivity index (χ4n) is 1.74. The molecule has 4 heteroatoms. The Morgan fingerprint density at radius 1 is 1.06 bits per heavy atom. The van der Waals surface area contributed by atoms with E-state index >= 15 is 0 Å². The predicted molar refractivity (Wildman–Crippen MR) is 76.1 cm³/mol. The van der Waals surface area contributed by atoms with Crippen molar-refractivity contribution in [3.8, 4) is 17.2 Å². The maximum atomic E-state index is 5.81. The molecule has 0 saturated carbocycles. The first-order chi connectivity index (χ1) is 8.83. The Morgan fingerprint density at radius 3 is 2.56 bits per heavy atom. The van der Waals surface area contributed by atoms with Crippen LogP contribution in [-0.2, 0) is 6.61 Å². The van der Waals surface area contributed by atoms with Gasteiger partial charge >= 0.3 is 0 Å². The summed E-state index contributed by atoms with van der Waals surface area (Å²) < 4.78 is 17.5. The van der Waals surface area contributed by atoms with Crippen LogP contribution in [0.25, 0.3) is 0 Å². The number of fused-ring (bicyclic) bond motifs is 1. The van der Waals surface area contributed by atoms with E-state index in [-0.39, 0.29) is 6.79 Å². The summed E-state index contributed by atoms with van der Waals surface area (Å²) in [5.41, 5.74) is 1.14. The van der Waals surface area contributed by atoms with Crippen LogP contribution in [0.15, 0.2) is 42.5 Å². The fraction of sp³-hybridized carbons (Fsp3) is 0.143. The molecule has 2 aromatic carbocycles. The van der Waals surface area contributed by atoms with E-state index in [1.54, 1.807) is 0 Å². The van der Waals surface area contributed by atoms with Crippen molar-refractivity contribution in [2.24, 2.45) is 0 Å². The quantitative estimate of drug-likeness (QED) is 0.789. The van der Waals surface area contributed by atoms with Gasteiger partial charge in [-0.05, 0) is 28.2 Å². The second-order valence-electron chi connectivity index (χ2n) is 3.91. The third-order valence-electron chi connectivity index (χ3n) is 2.66. The highest BCUT2D eigenvalue weighted by molar-refractivity contribution is 14.1. The lowest BCUT2D eigenvalue weighted by molar-refractivity contribution is 0.173. The summed E-state index contributed by atoms with van der Waals surface area (Å²) in [6.45, 7) is 0.837. The van der Waals surface area contributed by atoms with Gasteiger partial charge in [0.15, 0.2) is 11.5 Å². The molecule has 0 aliphatic carbocycles. The van der Waals surface area contributed by atoms with Crippen molar-refractivity contribution >= 4 is 22.6 Å². The second-order valence-corrected chi connectivity index (χ2v) is 5.07. The van der Waals surface area contributed by atoms with Gasteiger partial charge in [-0.15, -0.1) is 0 Å². The summed E-state index contributed by atoms with van der Waals surface area (Å²) in [7, 11) is 0. The minimum atomic E-state index is 0.285. The molecule has 3 nitrogen and oxygen atoms in total. The zero-order valence-corrected chi connectivity index (χ0v) is 11.7. The maximum Gasteiger partial charge on any atom is 0.231 e. The number of hydrogen-bond acceptors (Lipinski definition) is 3. The van der Waals surface area contributed by atoms with Crippen molar-refractivity contribution in [3.05, 3.63) is 51.6 Å². The summed E-state index contributed by atoms with van der Waals surface area (Å²) >= 11 is 2.24. The molecule has 0 atom stereocenters. The van der Waals surface area contributed by atoms with Crippen molar-refractivity contribution in [3.63, 3.8) is 0 Å². The largest absolute Gasteiger partial charge is 0.488 e. The zero-order valence-electron chi connectivity index (χ0n) is 9.56. The van der Waals surface area contributed by atoms with Crippen LogP contribution in [0.5, 0.6) is 17.2 Å². The van der Waals surface area contributed by atoms with Gasteiger partial charge in [-0.1, -0.05) is 30.3 Å². The second kappa shape index (κ2) is 5.06. The molecule has 3 rings (SSSR count). The average Bonchev–Trinajstić information content (AvgIpc) is 2.84. The third kappa shape index (κ3) is 2.38. The molecular weight excluding hydrogens is 343 g/mol. The highest BCUT2D eigenvalue weighted by atomic mass is 127. The molecule has 0 spiro atoms. The molecule has 0 amide bonds. The van der Waals surface area contributed by atoms with Crippen molar-refractivity contribution in [1.82, 2.24) is 0 Å². The molecule has 2 aromatic rings. The molecule has 0 N–H and O–H groups in total. The highest BCUT2D eigenvalue weighted by Crippen LogP contribution is 2.38. The van der Waals surface area contributed by atoms with Crippen LogP contribution in [0.1, 0.15) is 5.56 Å². The van der Waals surface area contributed by atoms with Gasteiger partial charge in [0.2, 0.25) is 6.79 Å². The first-order valence-electron chi connectivity index (χ1n) is 5.59. The van der Waals surface area contributed by atoms with Crippen LogP contribution >= 0.6 is 22.6 Å². The standard InChI is InChI=1S/C14H11IO3/c15-11-6-13-14(18-9-17-13)7-12(11)16-8-10-4-2-1-3-5-10/h1-7H,8-9H2. The first-order valence-corrected chi connectivity index (χ1v) is 6.67. The van der Waals surface area contributed by atoms with Gasteiger partial charge in [-0.3, -0.25) is 0 Å². The first kappa shape index (κ1) is 11.6. The molecule has 0 saturated heterocycles. The van der Waals surface area contributed by atoms with Crippen LogP contribution in [0.3, 0.4) is 0 Å². The fourth-order valence-corrected chi connectivity index (χ4v) is 2.34. The minimum Gasteiger partial charge on any atom is -0.488 e. The van der Waals surface area contributed by atoms with Crippen LogP contribution in [-0.4, -0.2) is 6.79 Å². The highest BCUT2D eigenvalue weighted by Gasteiger charge is 2.16. The topological polar surface area (TPSA) is 27.7 Å². The Hall–Kier alpha value is -1.43. The van der Waals surface area contributed by atoms with Crippen LogP contribution < -0.4 is 14.2 Å². The molecule has 0 bridgehead atoms. The zero-order chi connectivity index (χ0) is 12.4. The number of halogens is 1. The van der Waals surface area contributed by atoms with E-state index < -0.39 is 0 Å². The summed E-state index contributed by atoms with van der Waals surface area (Å²) in [5, 5.41) is 0. The van der Waals surface area contributed by atoms with Crippen molar-refractivity contribution < 1.29 is 14.2 Å². The smallest absolute Gasteiger partial charge is 0.231 e. The van der Waals surface area contributed by atoms with Gasteiger partial charge in [-0.2, -0.15) is 0 Å². The number of rotatable bonds is 3. The SMILES string of the molecule is Ic1cc2c(cc1OCc1ccccc1)OCO2. The normalized spacial score (nSPS) is 12.5. The molecule has 0 unspecified atom stereocenters. The maximum absolute atomic E-state index is 5.81. The van der Waals surface area contributed by atoms with E-state index in [4.69, 9.17) is 14.2 Å². The lowest BCUT2D eigenvalue weighted by Gasteiger charge is -2.09. The van der Waals surface area contributed by atoms with E-state index in [1.807, 2.05) is 42.5 Å². The molecule has 18 heavy (non-hydrogen) atoms. The average molecular weight is 354 g/mol. The van der Waals surface area contributed by atoms with E-state index in [9.17, 15) is 0 Å². The van der Waals surface area contributed by atoms with Crippen LogP contribution in [0.4, 0.5) is 0 Å². The van der Waals surface area contributed by atoms with Gasteiger partial charge in [0.1, 0.15) is 12.4 Å². The van der Waals surface area contributed by atoms with Gasteiger partial charge in [0, 0.05) is 12.1 Å². The molecule has 1 aliphatic heterocycles. The van der Waals surface area contributed by atoms with Crippen molar-refractivity contribution in [2.75, 3.05) is 6.79 Å². The summed E-state index contributed by atoms with van der Waals surface area (Å²) in [4.78, 5) is 0. The summed E-state index contributed by atoms with van der Waals surface area (Å²) in [5.74, 6) is 2.36. The summed E-state index contributed by atoms with van der Waals surface area (Å²) in [6, 6.07) is 13.9. The monoisotopic (exact) mass is 354 g/mol. The molecular formula is C14H11IO3. The molecule has 1 heterocycles. The number of hydrogen-bond donors (Lipinski definition) is 0. The lowest BCUT2D eigenvalue weighted by atomic mass is 10.2. The minimum absolute atomic E-state index is 0.285. The molecule has 0 fully saturated rings. The van der Waals surface area contributed by atoms with Crippen LogP contribution in [0, 0.1) is 3.57 Å². The predicted octanol–water partition coefficient (Wildman–Crippen LogP) is 3.60. The van der Waals surface area contributed by atoms with E-state index in [0.29, 0.717) is 6.61 Å². The Morgan fingerprint density at radius 2 is 1.78 bits per heavy atom. The summed E-state index contributed by atoms with van der Waals surface area (Å²) in [6.07, 6.45) is 0. The number of benzene rings is 2. The molecule has 0 aromatic heterocycles. The Bertz CT molecular complexity index is 554. The lowest BCUT2D eigenvalue weighted by Crippen LogP contribution is -1.96. The van der Waals surface area contributed by atoms with Crippen LogP contribution in [0.2, 0.25) is 0 Å². The van der Waals surface area contributed by atoms with E-state index in [1.165, 1.54) is 0 Å². The Balaban J connectivity index is 1.77. The Kier molecular flexibility index (Phi) is 3.27. The van der Waals surface area contributed by atoms with E-state index in [2.05, 4.69) is 22.6 Å². The molecule has 1 aliphatic rings. The van der Waals surface area contributed by atoms with Gasteiger partial charge < -0.3 is 14.2 Å². The van der Waals surface area contributed by atoms with Gasteiger partial charge in [0.05, 0.1) is 3.57 Å². The molecule has 0 radical (unpaired) electrons. The number of ether oxygens (including phenoxy) is 3. The van der Waals surface area contributed by atoms with Gasteiger partial charge in [-0.25, -0.2) is 0 Å². The third-order valence-corrected chi connectivity index (χ3v) is 3.51.